The summed E-state index contributed by atoms with van der Waals surface area (Å²) in [5.41, 5.74) is 0.673. The quantitative estimate of drug-likeness (QED) is 0.737. The first-order valence-corrected chi connectivity index (χ1v) is 7.63. The van der Waals surface area contributed by atoms with E-state index in [4.69, 9.17) is 26.2 Å². The first-order valence-electron chi connectivity index (χ1n) is 7.25. The van der Waals surface area contributed by atoms with Crippen molar-refractivity contribution in [2.24, 2.45) is 0 Å². The van der Waals surface area contributed by atoms with Crippen molar-refractivity contribution in [1.29, 1.82) is 0 Å². The summed E-state index contributed by atoms with van der Waals surface area (Å²) >= 11 is 6.14. The number of hydrogen-bond acceptors (Lipinski definition) is 4. The van der Waals surface area contributed by atoms with Gasteiger partial charge >= 0.3 is 5.97 Å². The van der Waals surface area contributed by atoms with E-state index in [0.717, 1.165) is 5.39 Å². The fourth-order valence-corrected chi connectivity index (χ4v) is 2.34. The zero-order valence-corrected chi connectivity index (χ0v) is 13.5. The molecule has 1 heterocycles. The van der Waals surface area contributed by atoms with E-state index in [2.05, 4.69) is 4.98 Å². The molecule has 1 unspecified atom stereocenters. The lowest BCUT2D eigenvalue weighted by atomic mass is 10.2. The predicted molar refractivity (Wildman–Crippen MR) is 91.0 cm³/mol. The molecule has 0 spiro atoms. The van der Waals surface area contributed by atoms with Gasteiger partial charge in [-0.15, -0.1) is 0 Å². The summed E-state index contributed by atoms with van der Waals surface area (Å²) in [7, 11) is 0. The number of carbonyl (C=O) groups is 1. The molecule has 1 N–H and O–H groups in total. The van der Waals surface area contributed by atoms with Gasteiger partial charge in [0.25, 0.3) is 0 Å². The van der Waals surface area contributed by atoms with Crippen LogP contribution in [0.15, 0.2) is 54.6 Å². The maximum absolute atomic E-state index is 10.8. The second kappa shape index (κ2) is 6.76. The SMILES string of the molecule is CC(Oc1ccc(Oc2ccc3cccc(Cl)c3n2)cc1)C(=O)O. The van der Waals surface area contributed by atoms with Gasteiger partial charge in [-0.3, -0.25) is 0 Å². The van der Waals surface area contributed by atoms with Crippen molar-refractivity contribution in [3.05, 3.63) is 59.6 Å². The first-order chi connectivity index (χ1) is 11.5. The summed E-state index contributed by atoms with van der Waals surface area (Å²) in [4.78, 5) is 15.2. The molecule has 2 aromatic carbocycles. The van der Waals surface area contributed by atoms with Gasteiger partial charge in [0.05, 0.1) is 10.5 Å². The van der Waals surface area contributed by atoms with Crippen LogP contribution in [0, 0.1) is 0 Å². The number of pyridine rings is 1. The molecule has 3 rings (SSSR count). The molecule has 0 aliphatic carbocycles. The lowest BCUT2D eigenvalue weighted by Gasteiger charge is -2.11. The van der Waals surface area contributed by atoms with Gasteiger partial charge in [0, 0.05) is 11.5 Å². The molecule has 1 atom stereocenters. The molecular formula is C18H14ClNO4. The fourth-order valence-electron chi connectivity index (χ4n) is 2.11. The number of aromatic nitrogens is 1. The second-order valence-corrected chi connectivity index (χ2v) is 5.54. The largest absolute Gasteiger partial charge is 0.479 e. The number of fused-ring (bicyclic) bond motifs is 1. The van der Waals surface area contributed by atoms with Crippen LogP contribution < -0.4 is 9.47 Å². The number of rotatable bonds is 5. The summed E-state index contributed by atoms with van der Waals surface area (Å²) in [6, 6.07) is 15.9. The Labute approximate surface area is 143 Å². The van der Waals surface area contributed by atoms with Crippen molar-refractivity contribution < 1.29 is 19.4 Å². The van der Waals surface area contributed by atoms with Gasteiger partial charge in [0.15, 0.2) is 6.10 Å². The molecule has 0 fully saturated rings. The van der Waals surface area contributed by atoms with Crippen molar-refractivity contribution in [3.8, 4) is 17.4 Å². The Hall–Kier alpha value is -2.79. The minimum absolute atomic E-state index is 0.420. The van der Waals surface area contributed by atoms with Crippen LogP contribution in [0.25, 0.3) is 10.9 Å². The van der Waals surface area contributed by atoms with Gasteiger partial charge in [-0.2, -0.15) is 0 Å². The van der Waals surface area contributed by atoms with E-state index in [1.54, 1.807) is 36.4 Å². The van der Waals surface area contributed by atoms with Crippen molar-refractivity contribution in [2.45, 2.75) is 13.0 Å². The fraction of sp³-hybridized carbons (Fsp3) is 0.111. The Morgan fingerprint density at radius 3 is 2.50 bits per heavy atom. The summed E-state index contributed by atoms with van der Waals surface area (Å²) in [6.07, 6.45) is -0.916. The molecule has 0 saturated heterocycles. The normalized spacial score (nSPS) is 11.9. The zero-order chi connectivity index (χ0) is 17.1. The van der Waals surface area contributed by atoms with Gasteiger partial charge in [-0.05, 0) is 43.3 Å². The summed E-state index contributed by atoms with van der Waals surface area (Å²) in [5.74, 6) is 0.409. The lowest BCUT2D eigenvalue weighted by molar-refractivity contribution is -0.144. The summed E-state index contributed by atoms with van der Waals surface area (Å²) in [5, 5.41) is 10.3. The molecule has 0 radical (unpaired) electrons. The van der Waals surface area contributed by atoms with Crippen LogP contribution >= 0.6 is 11.6 Å². The molecular weight excluding hydrogens is 330 g/mol. The van der Waals surface area contributed by atoms with E-state index < -0.39 is 12.1 Å². The number of para-hydroxylation sites is 1. The highest BCUT2D eigenvalue weighted by Gasteiger charge is 2.12. The van der Waals surface area contributed by atoms with Gasteiger partial charge in [-0.1, -0.05) is 23.7 Å². The van der Waals surface area contributed by atoms with Crippen LogP contribution in [0.2, 0.25) is 5.02 Å². The van der Waals surface area contributed by atoms with E-state index in [9.17, 15) is 4.79 Å². The molecule has 0 saturated carbocycles. The van der Waals surface area contributed by atoms with Gasteiger partial charge < -0.3 is 14.6 Å². The number of benzene rings is 2. The molecule has 0 aliphatic heterocycles. The third-order valence-corrected chi connectivity index (χ3v) is 3.66. The number of hydrogen-bond donors (Lipinski definition) is 1. The number of ether oxygens (including phenoxy) is 2. The van der Waals surface area contributed by atoms with Crippen LogP contribution in [0.1, 0.15) is 6.92 Å². The highest BCUT2D eigenvalue weighted by Crippen LogP contribution is 2.27. The summed E-state index contributed by atoms with van der Waals surface area (Å²) in [6.45, 7) is 1.47. The number of carboxylic acid groups (broad SMARTS) is 1. The average Bonchev–Trinajstić information content (AvgIpc) is 2.57. The van der Waals surface area contributed by atoms with E-state index in [1.165, 1.54) is 6.92 Å². The first kappa shape index (κ1) is 16.1. The third-order valence-electron chi connectivity index (χ3n) is 3.35. The van der Waals surface area contributed by atoms with E-state index in [-0.39, 0.29) is 0 Å². The van der Waals surface area contributed by atoms with Gasteiger partial charge in [0.2, 0.25) is 5.88 Å². The predicted octanol–water partition coefficient (Wildman–Crippen LogP) is 4.53. The molecule has 3 aromatic rings. The lowest BCUT2D eigenvalue weighted by Crippen LogP contribution is -2.22. The highest BCUT2D eigenvalue weighted by molar-refractivity contribution is 6.35. The van der Waals surface area contributed by atoms with Crippen LogP contribution in [-0.4, -0.2) is 22.2 Å². The van der Waals surface area contributed by atoms with Crippen LogP contribution in [0.3, 0.4) is 0 Å². The van der Waals surface area contributed by atoms with E-state index in [1.807, 2.05) is 18.2 Å². The summed E-state index contributed by atoms with van der Waals surface area (Å²) < 4.78 is 11.0. The third kappa shape index (κ3) is 3.58. The Morgan fingerprint density at radius 2 is 1.79 bits per heavy atom. The van der Waals surface area contributed by atoms with Crippen LogP contribution in [0.4, 0.5) is 0 Å². The number of halogens is 1. The Morgan fingerprint density at radius 1 is 1.08 bits per heavy atom. The van der Waals surface area contributed by atoms with Crippen molar-refractivity contribution in [1.82, 2.24) is 4.98 Å². The highest BCUT2D eigenvalue weighted by atomic mass is 35.5. The Kier molecular flexibility index (Phi) is 4.53. The molecule has 122 valence electrons. The number of carboxylic acids is 1. The van der Waals surface area contributed by atoms with Crippen molar-refractivity contribution in [2.75, 3.05) is 0 Å². The van der Waals surface area contributed by atoms with Crippen molar-refractivity contribution >= 4 is 28.5 Å². The number of aliphatic carboxylic acids is 1. The zero-order valence-electron chi connectivity index (χ0n) is 12.8. The molecule has 0 bridgehead atoms. The topological polar surface area (TPSA) is 68.7 Å². The minimum Gasteiger partial charge on any atom is -0.479 e. The van der Waals surface area contributed by atoms with Crippen LogP contribution in [-0.2, 0) is 4.79 Å². The van der Waals surface area contributed by atoms with Crippen molar-refractivity contribution in [3.63, 3.8) is 0 Å². The second-order valence-electron chi connectivity index (χ2n) is 5.13. The van der Waals surface area contributed by atoms with E-state index in [0.29, 0.717) is 27.9 Å². The minimum atomic E-state index is -1.02. The molecule has 0 amide bonds. The van der Waals surface area contributed by atoms with Crippen LogP contribution in [0.5, 0.6) is 17.4 Å². The molecule has 24 heavy (non-hydrogen) atoms. The average molecular weight is 344 g/mol. The molecule has 5 nitrogen and oxygen atoms in total. The van der Waals surface area contributed by atoms with E-state index >= 15 is 0 Å². The monoisotopic (exact) mass is 343 g/mol. The standard InChI is InChI=1S/C18H14ClNO4/c1-11(18(21)22)23-13-6-8-14(9-7-13)24-16-10-5-12-3-2-4-15(19)17(12)20-16/h2-11H,1H3,(H,21,22). The Bertz CT molecular complexity index is 880. The van der Waals surface area contributed by atoms with Gasteiger partial charge in [0.1, 0.15) is 11.5 Å². The number of nitrogens with zero attached hydrogens (tertiary/aromatic N) is 1. The maximum atomic E-state index is 10.8. The molecule has 1 aromatic heterocycles. The molecule has 6 heteroatoms. The molecule has 0 aliphatic rings. The smallest absolute Gasteiger partial charge is 0.344 e. The Balaban J connectivity index is 1.76. The van der Waals surface area contributed by atoms with Gasteiger partial charge in [-0.25, -0.2) is 9.78 Å². The maximum Gasteiger partial charge on any atom is 0.344 e.